The second-order valence-corrected chi connectivity index (χ2v) is 11.0. The van der Waals surface area contributed by atoms with Crippen molar-refractivity contribution in [2.24, 2.45) is 0 Å². The SMILES string of the molecule is COc1cccc(CN2CCN([C@@H](c3cc4cc(C)ccc4[nH]c3=O)c3nnnn3C3CCCCC3)CC2)c1. The number of H-pyrrole nitrogens is 1. The molecule has 2 aromatic carbocycles. The Labute approximate surface area is 228 Å². The highest BCUT2D eigenvalue weighted by molar-refractivity contribution is 5.79. The van der Waals surface area contributed by atoms with Gasteiger partial charge in [0.1, 0.15) is 11.8 Å². The average molecular weight is 528 g/mol. The number of rotatable bonds is 7. The van der Waals surface area contributed by atoms with Gasteiger partial charge < -0.3 is 9.72 Å². The number of hydrogen-bond acceptors (Lipinski definition) is 7. The van der Waals surface area contributed by atoms with Gasteiger partial charge in [0.05, 0.1) is 13.2 Å². The largest absolute Gasteiger partial charge is 0.497 e. The van der Waals surface area contributed by atoms with Crippen LogP contribution in [0.25, 0.3) is 10.9 Å². The number of ether oxygens (including phenoxy) is 1. The highest BCUT2D eigenvalue weighted by Gasteiger charge is 2.34. The normalized spacial score (nSPS) is 18.4. The van der Waals surface area contributed by atoms with E-state index in [1.54, 1.807) is 7.11 Å². The number of aryl methyl sites for hydroxylation is 1. The van der Waals surface area contributed by atoms with E-state index < -0.39 is 0 Å². The quantitative estimate of drug-likeness (QED) is 0.384. The maximum absolute atomic E-state index is 13.6. The van der Waals surface area contributed by atoms with Crippen LogP contribution in [0.3, 0.4) is 0 Å². The number of hydrogen-bond donors (Lipinski definition) is 1. The fourth-order valence-electron chi connectivity index (χ4n) is 6.22. The number of piperazine rings is 1. The van der Waals surface area contributed by atoms with Gasteiger partial charge in [-0.1, -0.05) is 43.0 Å². The molecule has 1 aliphatic heterocycles. The highest BCUT2D eigenvalue weighted by Crippen LogP contribution is 2.33. The molecule has 0 bridgehead atoms. The van der Waals surface area contributed by atoms with Crippen LogP contribution in [0.4, 0.5) is 0 Å². The molecular weight excluding hydrogens is 490 g/mol. The summed E-state index contributed by atoms with van der Waals surface area (Å²) in [4.78, 5) is 21.6. The van der Waals surface area contributed by atoms with Gasteiger partial charge in [-0.3, -0.25) is 14.6 Å². The molecule has 204 valence electrons. The Morgan fingerprint density at radius 2 is 1.85 bits per heavy atom. The van der Waals surface area contributed by atoms with Crippen molar-refractivity contribution in [2.75, 3.05) is 33.3 Å². The first-order chi connectivity index (χ1) is 19.1. The van der Waals surface area contributed by atoms with E-state index in [0.717, 1.165) is 73.6 Å². The number of tetrazole rings is 1. The lowest BCUT2D eigenvalue weighted by Gasteiger charge is -2.39. The zero-order valence-corrected chi connectivity index (χ0v) is 22.8. The van der Waals surface area contributed by atoms with Crippen LogP contribution in [0.1, 0.15) is 66.7 Å². The summed E-state index contributed by atoms with van der Waals surface area (Å²) in [5, 5.41) is 14.2. The minimum atomic E-state index is -0.311. The van der Waals surface area contributed by atoms with Gasteiger partial charge in [0, 0.05) is 43.8 Å². The molecule has 0 unspecified atom stereocenters. The molecule has 0 amide bonds. The number of methoxy groups -OCH3 is 1. The summed E-state index contributed by atoms with van der Waals surface area (Å²) in [6.45, 7) is 6.36. The van der Waals surface area contributed by atoms with Gasteiger partial charge in [0.2, 0.25) is 0 Å². The van der Waals surface area contributed by atoms with Crippen LogP contribution in [-0.4, -0.2) is 68.3 Å². The first-order valence-electron chi connectivity index (χ1n) is 14.1. The van der Waals surface area contributed by atoms with Crippen molar-refractivity contribution in [1.82, 2.24) is 35.0 Å². The lowest BCUT2D eigenvalue weighted by atomic mass is 9.95. The molecule has 9 heteroatoms. The average Bonchev–Trinajstić information content (AvgIpc) is 3.45. The van der Waals surface area contributed by atoms with Gasteiger partial charge in [0.15, 0.2) is 5.82 Å². The third-order valence-electron chi connectivity index (χ3n) is 8.32. The smallest absolute Gasteiger partial charge is 0.253 e. The van der Waals surface area contributed by atoms with Gasteiger partial charge in [-0.05, 0) is 71.5 Å². The topological polar surface area (TPSA) is 92.2 Å². The lowest BCUT2D eigenvalue weighted by molar-refractivity contribution is 0.0982. The molecule has 2 aliphatic rings. The van der Waals surface area contributed by atoms with E-state index in [-0.39, 0.29) is 17.6 Å². The predicted octanol–water partition coefficient (Wildman–Crippen LogP) is 4.24. The number of aromatic amines is 1. The van der Waals surface area contributed by atoms with Crippen molar-refractivity contribution in [2.45, 2.75) is 57.7 Å². The van der Waals surface area contributed by atoms with E-state index in [9.17, 15) is 4.79 Å². The maximum atomic E-state index is 13.6. The number of pyridine rings is 1. The van der Waals surface area contributed by atoms with Crippen LogP contribution in [0.15, 0.2) is 53.3 Å². The van der Waals surface area contributed by atoms with Crippen LogP contribution in [0.5, 0.6) is 5.75 Å². The highest BCUT2D eigenvalue weighted by atomic mass is 16.5. The summed E-state index contributed by atoms with van der Waals surface area (Å²) in [5.74, 6) is 1.66. The molecule has 1 atom stereocenters. The number of aromatic nitrogens is 5. The van der Waals surface area contributed by atoms with Crippen LogP contribution < -0.4 is 10.3 Å². The molecule has 1 aliphatic carbocycles. The Hall–Kier alpha value is -3.56. The fraction of sp³-hybridized carbons (Fsp3) is 0.467. The third kappa shape index (κ3) is 5.46. The van der Waals surface area contributed by atoms with Crippen LogP contribution >= 0.6 is 0 Å². The Kier molecular flexibility index (Phi) is 7.43. The summed E-state index contributed by atoms with van der Waals surface area (Å²) >= 11 is 0. The fourth-order valence-corrected chi connectivity index (χ4v) is 6.22. The summed E-state index contributed by atoms with van der Waals surface area (Å²) in [6, 6.07) is 16.4. The Bertz CT molecular complexity index is 1480. The molecule has 6 rings (SSSR count). The molecular formula is C30H37N7O2. The van der Waals surface area contributed by atoms with Gasteiger partial charge in [0.25, 0.3) is 5.56 Å². The molecule has 2 fully saturated rings. The molecule has 0 spiro atoms. The molecule has 1 saturated heterocycles. The first kappa shape index (κ1) is 25.7. The second-order valence-electron chi connectivity index (χ2n) is 11.0. The number of nitrogens with one attached hydrogen (secondary N) is 1. The minimum absolute atomic E-state index is 0.0756. The summed E-state index contributed by atoms with van der Waals surface area (Å²) in [5.41, 5.74) is 3.88. The van der Waals surface area contributed by atoms with Gasteiger partial charge in [-0.25, -0.2) is 4.68 Å². The van der Waals surface area contributed by atoms with E-state index in [1.165, 1.54) is 24.8 Å². The first-order valence-corrected chi connectivity index (χ1v) is 14.1. The zero-order chi connectivity index (χ0) is 26.8. The molecule has 0 radical (unpaired) electrons. The third-order valence-corrected chi connectivity index (χ3v) is 8.32. The predicted molar refractivity (Wildman–Crippen MR) is 151 cm³/mol. The Morgan fingerprint density at radius 3 is 2.64 bits per heavy atom. The van der Waals surface area contributed by atoms with Gasteiger partial charge in [-0.15, -0.1) is 5.10 Å². The maximum Gasteiger partial charge on any atom is 0.253 e. The van der Waals surface area contributed by atoms with Gasteiger partial charge in [-0.2, -0.15) is 0 Å². The molecule has 3 heterocycles. The molecule has 4 aromatic rings. The number of benzene rings is 2. The van der Waals surface area contributed by atoms with E-state index in [0.29, 0.717) is 5.56 Å². The van der Waals surface area contributed by atoms with E-state index in [4.69, 9.17) is 4.74 Å². The molecule has 9 nitrogen and oxygen atoms in total. The van der Waals surface area contributed by atoms with E-state index in [1.807, 2.05) is 35.0 Å². The van der Waals surface area contributed by atoms with Crippen LogP contribution in [0, 0.1) is 6.92 Å². The van der Waals surface area contributed by atoms with Crippen molar-refractivity contribution in [3.05, 3.63) is 81.4 Å². The van der Waals surface area contributed by atoms with Crippen molar-refractivity contribution in [3.63, 3.8) is 0 Å². The van der Waals surface area contributed by atoms with Crippen molar-refractivity contribution < 1.29 is 4.74 Å². The summed E-state index contributed by atoms with van der Waals surface area (Å²) in [6.07, 6.45) is 5.79. The van der Waals surface area contributed by atoms with Crippen LogP contribution in [0.2, 0.25) is 0 Å². The van der Waals surface area contributed by atoms with Crippen molar-refractivity contribution in [1.29, 1.82) is 0 Å². The Morgan fingerprint density at radius 1 is 1.03 bits per heavy atom. The summed E-state index contributed by atoms with van der Waals surface area (Å²) in [7, 11) is 1.70. The lowest BCUT2D eigenvalue weighted by Crippen LogP contribution is -2.48. The standard InChI is InChI=1S/C30H37N7O2/c1-21-11-12-27-23(17-21)19-26(30(38)31-27)28(29-32-33-34-37(29)24-8-4-3-5-9-24)36-15-13-35(14-16-36)20-22-7-6-10-25(18-22)39-2/h6-7,10-12,17-19,24,28H,3-5,8-9,13-16,20H2,1-2H3,(H,31,38)/t28-/m0/s1. The minimum Gasteiger partial charge on any atom is -0.497 e. The monoisotopic (exact) mass is 527 g/mol. The summed E-state index contributed by atoms with van der Waals surface area (Å²) < 4.78 is 7.43. The molecule has 39 heavy (non-hydrogen) atoms. The van der Waals surface area contributed by atoms with Crippen LogP contribution in [-0.2, 0) is 6.54 Å². The van der Waals surface area contributed by atoms with Crippen molar-refractivity contribution in [3.8, 4) is 5.75 Å². The molecule has 1 N–H and O–H groups in total. The number of nitrogens with zero attached hydrogens (tertiary/aromatic N) is 6. The second kappa shape index (κ2) is 11.3. The molecule has 1 saturated carbocycles. The number of fused-ring (bicyclic) bond motifs is 1. The Balaban J connectivity index is 1.32. The van der Waals surface area contributed by atoms with E-state index in [2.05, 4.69) is 55.4 Å². The molecule has 2 aromatic heterocycles. The van der Waals surface area contributed by atoms with E-state index >= 15 is 0 Å². The van der Waals surface area contributed by atoms with Crippen molar-refractivity contribution >= 4 is 10.9 Å². The zero-order valence-electron chi connectivity index (χ0n) is 22.8. The van der Waals surface area contributed by atoms with Gasteiger partial charge >= 0.3 is 0 Å².